The van der Waals surface area contributed by atoms with Crippen molar-refractivity contribution in [3.05, 3.63) is 83.4 Å². The van der Waals surface area contributed by atoms with Crippen molar-refractivity contribution in [2.24, 2.45) is 45.3 Å². The van der Waals surface area contributed by atoms with Gasteiger partial charge in [0.05, 0.1) is 34.1 Å². The summed E-state index contributed by atoms with van der Waals surface area (Å²) in [5, 5.41) is 41.1. The first kappa shape index (κ1) is 48.6. The number of aryl methyl sites for hydroxylation is 1. The predicted octanol–water partition coefficient (Wildman–Crippen LogP) is 11.9. The summed E-state index contributed by atoms with van der Waals surface area (Å²) in [6.07, 6.45) is 20.3. The van der Waals surface area contributed by atoms with Crippen molar-refractivity contribution in [3.8, 4) is 11.8 Å². The zero-order valence-electron chi connectivity index (χ0n) is 41.3. The quantitative estimate of drug-likeness (QED) is 0.128. The van der Waals surface area contributed by atoms with Gasteiger partial charge in [-0.25, -0.2) is 4.79 Å². The van der Waals surface area contributed by atoms with Crippen LogP contribution < -0.4 is 0 Å². The molecule has 11 atom stereocenters. The first-order chi connectivity index (χ1) is 32.3. The topological polar surface area (TPSA) is 113 Å². The molecule has 0 saturated heterocycles. The van der Waals surface area contributed by atoms with Crippen LogP contribution in [0.2, 0.25) is 0 Å². The average molecular weight is 915 g/mol. The highest BCUT2D eigenvalue weighted by molar-refractivity contribution is 5.85. The molecule has 5 saturated carbocycles. The maximum atomic E-state index is 15.8. The Morgan fingerprint density at radius 2 is 1.48 bits per heavy atom. The number of benzene rings is 2. The van der Waals surface area contributed by atoms with Gasteiger partial charge in [-0.1, -0.05) is 132 Å². The van der Waals surface area contributed by atoms with E-state index in [-0.39, 0.29) is 30.4 Å². The molecule has 5 fully saturated rings. The van der Waals surface area contributed by atoms with E-state index in [0.717, 1.165) is 102 Å². The number of ether oxygens (including phenoxy) is 2. The number of esters is 2. The van der Waals surface area contributed by atoms with Gasteiger partial charge in [0.2, 0.25) is 0 Å². The fourth-order valence-electron chi connectivity index (χ4n) is 16.5. The second kappa shape index (κ2) is 19.8. The second-order valence-electron chi connectivity index (χ2n) is 23.8. The molecule has 5 aliphatic carbocycles. The third kappa shape index (κ3) is 8.79. The zero-order valence-corrected chi connectivity index (χ0v) is 41.3. The zero-order chi connectivity index (χ0) is 46.9. The van der Waals surface area contributed by atoms with Gasteiger partial charge in [0, 0.05) is 24.8 Å². The van der Waals surface area contributed by atoms with Gasteiger partial charge in [-0.15, -0.1) is 5.92 Å². The van der Waals surface area contributed by atoms with Crippen LogP contribution in [0.15, 0.2) is 72.3 Å². The van der Waals surface area contributed by atoms with E-state index in [9.17, 15) is 20.1 Å². The number of aliphatic hydroxyl groups excluding tert-OH is 2. The highest BCUT2D eigenvalue weighted by Gasteiger charge is 2.78. The smallest absolute Gasteiger partial charge is 0.331 e. The van der Waals surface area contributed by atoms with Crippen molar-refractivity contribution >= 4 is 11.9 Å². The van der Waals surface area contributed by atoms with Crippen LogP contribution in [0.4, 0.5) is 0 Å². The fraction of sp³-hybridized carbons (Fsp3) is 0.700. The normalized spacial score (nSPS) is 37.3. The molecule has 0 aromatic heterocycles. The molecule has 2 bridgehead atoms. The molecular weight excluding hydrogens is 833 g/mol. The number of hydrogen-bond donors (Lipinski definition) is 3. The minimum atomic E-state index is -1.70. The first-order valence-electron chi connectivity index (χ1n) is 27.0. The van der Waals surface area contributed by atoms with Gasteiger partial charge in [0.1, 0.15) is 12.7 Å². The van der Waals surface area contributed by atoms with E-state index in [1.165, 1.54) is 36.8 Å². The Bertz CT molecular complexity index is 2130. The minimum Gasteiger partial charge on any atom is -0.462 e. The lowest BCUT2D eigenvalue weighted by Crippen LogP contribution is -2.79. The average Bonchev–Trinajstić information content (AvgIpc) is 3.79. The molecule has 2 aromatic carbocycles. The number of cyclic esters (lactones) is 1. The molecule has 7 heteroatoms. The molecule has 2 aliphatic heterocycles. The number of carbonyl (C=O) groups excluding carboxylic acids is 2. The van der Waals surface area contributed by atoms with Gasteiger partial charge >= 0.3 is 11.9 Å². The highest BCUT2D eigenvalue weighted by atomic mass is 16.5. The summed E-state index contributed by atoms with van der Waals surface area (Å²) in [6.45, 7) is 6.85. The molecule has 7 nitrogen and oxygen atoms in total. The van der Waals surface area contributed by atoms with E-state index in [0.29, 0.717) is 49.9 Å². The first-order valence-corrected chi connectivity index (χ1v) is 27.0. The highest BCUT2D eigenvalue weighted by Crippen LogP contribution is 2.72. The fourth-order valence-corrected chi connectivity index (χ4v) is 16.5. The molecule has 0 unspecified atom stereocenters. The van der Waals surface area contributed by atoms with Gasteiger partial charge in [0.25, 0.3) is 0 Å². The summed E-state index contributed by atoms with van der Waals surface area (Å²) in [4.78, 5) is 28.2. The van der Waals surface area contributed by atoms with Crippen LogP contribution >= 0.6 is 0 Å². The second-order valence-corrected chi connectivity index (χ2v) is 23.8. The molecule has 2 heterocycles. The van der Waals surface area contributed by atoms with Gasteiger partial charge in [-0.3, -0.25) is 4.79 Å². The van der Waals surface area contributed by atoms with E-state index in [4.69, 9.17) is 9.47 Å². The van der Waals surface area contributed by atoms with Crippen LogP contribution in [-0.2, 0) is 30.9 Å². The molecule has 0 radical (unpaired) electrons. The van der Waals surface area contributed by atoms with Crippen molar-refractivity contribution < 1.29 is 34.4 Å². The summed E-state index contributed by atoms with van der Waals surface area (Å²) in [5.74, 6) is 7.27. The van der Waals surface area contributed by atoms with Crippen molar-refractivity contribution in [3.63, 3.8) is 0 Å². The number of carbonyl (C=O) groups is 2. The third-order valence-electron chi connectivity index (χ3n) is 20.1. The van der Waals surface area contributed by atoms with Gasteiger partial charge < -0.3 is 24.8 Å². The SMILES string of the molecule is C[C@H](CCCc1ccccc1)CC[C@H](O)[C@]12[C@@H]([C@H]3C[C@](C)(C#CC[C@@]4(CCC[C@@H](C5(c6ccccc6)CCCCC5)C4)C(=O)O3)[C@]1(O)CCC1=CC(=O)OC1)[C@](C)(C1CCCCC1)CC[C@@H]2O. The van der Waals surface area contributed by atoms with Crippen LogP contribution in [0, 0.1) is 57.2 Å². The molecule has 2 aromatic rings. The molecule has 3 N–H and O–H groups in total. The Morgan fingerprint density at radius 3 is 2.19 bits per heavy atom. The van der Waals surface area contributed by atoms with E-state index in [2.05, 4.69) is 86.4 Å². The molecule has 67 heavy (non-hydrogen) atoms. The summed E-state index contributed by atoms with van der Waals surface area (Å²) in [7, 11) is 0. The number of hydrogen-bond acceptors (Lipinski definition) is 7. The van der Waals surface area contributed by atoms with E-state index in [1.54, 1.807) is 6.08 Å². The number of aliphatic hydroxyl groups is 3. The Morgan fingerprint density at radius 1 is 0.776 bits per heavy atom. The van der Waals surface area contributed by atoms with Gasteiger partial charge in [-0.2, -0.15) is 0 Å². The lowest BCUT2D eigenvalue weighted by Gasteiger charge is -2.72. The molecule has 7 aliphatic rings. The summed E-state index contributed by atoms with van der Waals surface area (Å²) < 4.78 is 12.7. The minimum absolute atomic E-state index is 0.00615. The van der Waals surface area contributed by atoms with Crippen molar-refractivity contribution in [1.82, 2.24) is 0 Å². The molecule has 364 valence electrons. The molecule has 0 amide bonds. The van der Waals surface area contributed by atoms with Crippen LogP contribution in [0.1, 0.15) is 186 Å². The molecule has 1 spiro atoms. The lowest BCUT2D eigenvalue weighted by molar-refractivity contribution is -0.339. The van der Waals surface area contributed by atoms with Crippen molar-refractivity contribution in [2.45, 2.75) is 211 Å². The van der Waals surface area contributed by atoms with E-state index < -0.39 is 51.5 Å². The number of rotatable bonds is 14. The summed E-state index contributed by atoms with van der Waals surface area (Å²) >= 11 is 0. The Hall–Kier alpha value is -3.44. The van der Waals surface area contributed by atoms with E-state index >= 15 is 4.79 Å². The van der Waals surface area contributed by atoms with Gasteiger partial charge in [0.15, 0.2) is 0 Å². The third-order valence-corrected chi connectivity index (χ3v) is 20.1. The summed E-state index contributed by atoms with van der Waals surface area (Å²) in [5.41, 5.74) is -2.01. The van der Waals surface area contributed by atoms with E-state index in [1.807, 2.05) is 6.92 Å². The Balaban J connectivity index is 1.13. The lowest BCUT2D eigenvalue weighted by atomic mass is 9.35. The Kier molecular flexibility index (Phi) is 14.3. The maximum Gasteiger partial charge on any atom is 0.331 e. The predicted molar refractivity (Wildman–Crippen MR) is 263 cm³/mol. The summed E-state index contributed by atoms with van der Waals surface area (Å²) in [6, 6.07) is 21.7. The van der Waals surface area contributed by atoms with Crippen LogP contribution in [0.3, 0.4) is 0 Å². The monoisotopic (exact) mass is 915 g/mol. The molecular formula is C60H82O7. The number of fused-ring (bicyclic) bond motifs is 4. The molecule has 9 rings (SSSR count). The van der Waals surface area contributed by atoms with Crippen LogP contribution in [0.25, 0.3) is 0 Å². The Labute approximate surface area is 402 Å². The largest absolute Gasteiger partial charge is 0.462 e. The van der Waals surface area contributed by atoms with Crippen LogP contribution in [0.5, 0.6) is 0 Å². The van der Waals surface area contributed by atoms with Crippen molar-refractivity contribution in [2.75, 3.05) is 6.61 Å². The van der Waals surface area contributed by atoms with Crippen molar-refractivity contribution in [1.29, 1.82) is 0 Å². The van der Waals surface area contributed by atoms with Gasteiger partial charge in [-0.05, 0) is 149 Å². The standard InChI is InChI=1S/C60H82O7/c1-43(19-16-22-44-20-8-4-9-21-44)28-29-50(61)60-51(62)31-37-56(3,46-23-10-5-11-24-46)53(60)49-41-55(2,59(60,65)38-30-45-39-52(63)66-42-45)32-18-34-57(54(64)67-49)33-17-27-48(40-57)58(35-14-7-15-36-58)47-25-12-6-13-26-47/h4,6,8-9,12-13,20-21,25-26,39,43,46,48-51,53,61-62,65H,5,7,10-11,14-17,19,22-24,27-31,33-38,40-42H2,1-3H3/t43-,48-,49-,50+,51+,53+,55+,56+,57-,59-,60+/m1/s1. The maximum absolute atomic E-state index is 15.8. The van der Waals surface area contributed by atoms with Crippen LogP contribution in [-0.4, -0.2) is 57.8 Å².